The van der Waals surface area contributed by atoms with Gasteiger partial charge in [-0.1, -0.05) is 6.92 Å². The Morgan fingerprint density at radius 3 is 2.60 bits per heavy atom. The Kier molecular flexibility index (Phi) is 6.18. The summed E-state index contributed by atoms with van der Waals surface area (Å²) < 4.78 is 12.1. The van der Waals surface area contributed by atoms with Gasteiger partial charge in [0, 0.05) is 12.6 Å². The van der Waals surface area contributed by atoms with E-state index < -0.39 is 0 Å². The van der Waals surface area contributed by atoms with Gasteiger partial charge in [0.05, 0.1) is 0 Å². The Hall–Kier alpha value is -0.150. The number of likely N-dealkylation sites (tertiary alicyclic amines) is 1. The number of nitrogens with zero attached hydrogens (tertiary/aromatic N) is 1. The van der Waals surface area contributed by atoms with Gasteiger partial charge in [-0.25, -0.2) is 4.39 Å². The molecule has 0 aliphatic carbocycles. The molecule has 0 aromatic heterocycles. The third-order valence-corrected chi connectivity index (χ3v) is 3.46. The van der Waals surface area contributed by atoms with Gasteiger partial charge in [0.15, 0.2) is 0 Å². The van der Waals surface area contributed by atoms with Crippen LogP contribution in [-0.2, 0) is 0 Å². The highest BCUT2D eigenvalue weighted by molar-refractivity contribution is 4.79. The lowest BCUT2D eigenvalue weighted by Crippen LogP contribution is -2.42. The summed E-state index contributed by atoms with van der Waals surface area (Å²) in [5, 5.41) is 3.56. The quantitative estimate of drug-likeness (QED) is 0.731. The zero-order valence-corrected chi connectivity index (χ0v) is 10.1. The van der Waals surface area contributed by atoms with E-state index in [0.29, 0.717) is 12.6 Å². The minimum absolute atomic E-state index is 0.200. The third kappa shape index (κ3) is 4.47. The standard InChI is InChI=1S/C12H25FN2/c1-3-7-14-11(2)12-4-8-15(9-5-12)10-6-13/h11-12,14H,3-10H2,1-2H3. The first kappa shape index (κ1) is 12.9. The fourth-order valence-electron chi connectivity index (χ4n) is 2.33. The van der Waals surface area contributed by atoms with Gasteiger partial charge in [-0.3, -0.25) is 0 Å². The van der Waals surface area contributed by atoms with Crippen LogP contribution in [0, 0.1) is 5.92 Å². The van der Waals surface area contributed by atoms with Crippen molar-refractivity contribution in [2.24, 2.45) is 5.92 Å². The maximum Gasteiger partial charge on any atom is 0.102 e. The molecule has 0 radical (unpaired) electrons. The Bertz CT molecular complexity index is 156. The molecule has 1 fully saturated rings. The number of piperidine rings is 1. The fraction of sp³-hybridized carbons (Fsp3) is 1.00. The molecule has 1 heterocycles. The first-order valence-corrected chi connectivity index (χ1v) is 6.29. The Morgan fingerprint density at radius 1 is 1.40 bits per heavy atom. The van der Waals surface area contributed by atoms with Gasteiger partial charge in [-0.15, -0.1) is 0 Å². The minimum atomic E-state index is -0.200. The Morgan fingerprint density at radius 2 is 2.07 bits per heavy atom. The van der Waals surface area contributed by atoms with Crippen molar-refractivity contribution in [1.82, 2.24) is 10.2 Å². The Labute approximate surface area is 93.2 Å². The highest BCUT2D eigenvalue weighted by atomic mass is 19.1. The topological polar surface area (TPSA) is 15.3 Å². The molecule has 15 heavy (non-hydrogen) atoms. The molecule has 0 amide bonds. The van der Waals surface area contributed by atoms with E-state index in [1.807, 2.05) is 0 Å². The predicted octanol–water partition coefficient (Wildman–Crippen LogP) is 2.06. The zero-order valence-electron chi connectivity index (χ0n) is 10.1. The maximum atomic E-state index is 12.1. The molecule has 1 aliphatic heterocycles. The fourth-order valence-corrected chi connectivity index (χ4v) is 2.33. The van der Waals surface area contributed by atoms with Crippen LogP contribution in [-0.4, -0.2) is 43.8 Å². The summed E-state index contributed by atoms with van der Waals surface area (Å²) in [6.45, 7) is 8.18. The summed E-state index contributed by atoms with van der Waals surface area (Å²) in [4.78, 5) is 2.24. The van der Waals surface area contributed by atoms with Crippen LogP contribution < -0.4 is 5.32 Å². The molecule has 1 N–H and O–H groups in total. The van der Waals surface area contributed by atoms with Crippen molar-refractivity contribution in [2.45, 2.75) is 39.2 Å². The molecule has 2 nitrogen and oxygen atoms in total. The number of hydrogen-bond donors (Lipinski definition) is 1. The third-order valence-electron chi connectivity index (χ3n) is 3.46. The van der Waals surface area contributed by atoms with Gasteiger partial charge in [0.2, 0.25) is 0 Å². The number of alkyl halides is 1. The second kappa shape index (κ2) is 7.18. The molecular formula is C12H25FN2. The summed E-state index contributed by atoms with van der Waals surface area (Å²) in [5.74, 6) is 0.785. The lowest BCUT2D eigenvalue weighted by Gasteiger charge is -2.34. The van der Waals surface area contributed by atoms with Crippen molar-refractivity contribution in [3.05, 3.63) is 0 Å². The number of rotatable bonds is 6. The van der Waals surface area contributed by atoms with Crippen molar-refractivity contribution >= 4 is 0 Å². The van der Waals surface area contributed by atoms with E-state index in [2.05, 4.69) is 24.1 Å². The van der Waals surface area contributed by atoms with Crippen LogP contribution in [0.2, 0.25) is 0 Å². The first-order chi connectivity index (χ1) is 7.27. The molecule has 1 aliphatic rings. The van der Waals surface area contributed by atoms with Gasteiger partial charge in [0.25, 0.3) is 0 Å². The number of hydrogen-bond acceptors (Lipinski definition) is 2. The molecule has 0 bridgehead atoms. The molecule has 0 saturated carbocycles. The van der Waals surface area contributed by atoms with Crippen LogP contribution in [0.15, 0.2) is 0 Å². The van der Waals surface area contributed by atoms with Crippen LogP contribution in [0.3, 0.4) is 0 Å². The van der Waals surface area contributed by atoms with E-state index in [9.17, 15) is 4.39 Å². The van der Waals surface area contributed by atoms with Crippen molar-refractivity contribution in [1.29, 1.82) is 0 Å². The monoisotopic (exact) mass is 216 g/mol. The lowest BCUT2D eigenvalue weighted by molar-refractivity contribution is 0.154. The van der Waals surface area contributed by atoms with E-state index in [-0.39, 0.29) is 6.67 Å². The van der Waals surface area contributed by atoms with Gasteiger partial charge in [-0.2, -0.15) is 0 Å². The zero-order chi connectivity index (χ0) is 11.1. The van der Waals surface area contributed by atoms with Gasteiger partial charge >= 0.3 is 0 Å². The van der Waals surface area contributed by atoms with E-state index in [0.717, 1.165) is 25.6 Å². The van der Waals surface area contributed by atoms with E-state index in [4.69, 9.17) is 0 Å². The molecule has 1 unspecified atom stereocenters. The van der Waals surface area contributed by atoms with Crippen LogP contribution in [0.5, 0.6) is 0 Å². The summed E-state index contributed by atoms with van der Waals surface area (Å²) >= 11 is 0. The first-order valence-electron chi connectivity index (χ1n) is 6.29. The van der Waals surface area contributed by atoms with Crippen LogP contribution in [0.1, 0.15) is 33.1 Å². The van der Waals surface area contributed by atoms with E-state index in [1.54, 1.807) is 0 Å². The molecule has 0 aromatic rings. The molecule has 3 heteroatoms. The second-order valence-corrected chi connectivity index (χ2v) is 4.61. The smallest absolute Gasteiger partial charge is 0.102 e. The molecule has 1 rings (SSSR count). The van der Waals surface area contributed by atoms with Gasteiger partial charge < -0.3 is 10.2 Å². The number of nitrogens with one attached hydrogen (secondary N) is 1. The summed E-state index contributed by atoms with van der Waals surface area (Å²) in [6, 6.07) is 0.623. The van der Waals surface area contributed by atoms with E-state index in [1.165, 1.54) is 19.3 Å². The molecular weight excluding hydrogens is 191 g/mol. The highest BCUT2D eigenvalue weighted by Crippen LogP contribution is 2.20. The molecule has 90 valence electrons. The largest absolute Gasteiger partial charge is 0.314 e. The average Bonchev–Trinajstić information content (AvgIpc) is 2.27. The summed E-state index contributed by atoms with van der Waals surface area (Å²) in [5.41, 5.74) is 0. The van der Waals surface area contributed by atoms with Gasteiger partial charge in [-0.05, 0) is 51.7 Å². The van der Waals surface area contributed by atoms with E-state index >= 15 is 0 Å². The molecule has 0 aromatic carbocycles. The molecule has 1 atom stereocenters. The van der Waals surface area contributed by atoms with Gasteiger partial charge in [0.1, 0.15) is 6.67 Å². The normalized spacial score (nSPS) is 21.8. The number of halogens is 1. The summed E-state index contributed by atoms with van der Waals surface area (Å²) in [7, 11) is 0. The van der Waals surface area contributed by atoms with Crippen molar-refractivity contribution in [3.8, 4) is 0 Å². The highest BCUT2D eigenvalue weighted by Gasteiger charge is 2.22. The molecule has 0 spiro atoms. The van der Waals surface area contributed by atoms with Crippen LogP contribution in [0.25, 0.3) is 0 Å². The minimum Gasteiger partial charge on any atom is -0.314 e. The summed E-state index contributed by atoms with van der Waals surface area (Å²) in [6.07, 6.45) is 3.64. The second-order valence-electron chi connectivity index (χ2n) is 4.61. The van der Waals surface area contributed by atoms with Crippen LogP contribution in [0.4, 0.5) is 4.39 Å². The predicted molar refractivity (Wildman–Crippen MR) is 62.9 cm³/mol. The average molecular weight is 216 g/mol. The van der Waals surface area contributed by atoms with Crippen LogP contribution >= 0.6 is 0 Å². The maximum absolute atomic E-state index is 12.1. The van der Waals surface area contributed by atoms with Crippen molar-refractivity contribution < 1.29 is 4.39 Å². The van der Waals surface area contributed by atoms with Crippen molar-refractivity contribution in [3.63, 3.8) is 0 Å². The lowest BCUT2D eigenvalue weighted by atomic mass is 9.90. The van der Waals surface area contributed by atoms with Crippen molar-refractivity contribution in [2.75, 3.05) is 32.9 Å². The Balaban J connectivity index is 2.18. The SMILES string of the molecule is CCCNC(C)C1CCN(CCF)CC1. The molecule has 1 saturated heterocycles.